The monoisotopic (exact) mass is 344 g/mol. The van der Waals surface area contributed by atoms with Crippen molar-refractivity contribution in [3.63, 3.8) is 0 Å². The van der Waals surface area contributed by atoms with Crippen LogP contribution in [0.4, 0.5) is 0 Å². The van der Waals surface area contributed by atoms with Gasteiger partial charge < -0.3 is 9.47 Å². The largest absolute Gasteiger partial charge is 0.497 e. The summed E-state index contributed by atoms with van der Waals surface area (Å²) < 4.78 is 11.2. The Hall–Kier alpha value is -2.22. The molecule has 0 saturated heterocycles. The van der Waals surface area contributed by atoms with Crippen LogP contribution in [-0.4, -0.2) is 14.2 Å². The van der Waals surface area contributed by atoms with E-state index in [1.807, 2.05) is 0 Å². The second kappa shape index (κ2) is 4.94. The van der Waals surface area contributed by atoms with Crippen LogP contribution in [0.25, 0.3) is 11.1 Å². The van der Waals surface area contributed by atoms with Gasteiger partial charge in [0, 0.05) is 5.41 Å². The molecule has 2 aromatic carbocycles. The zero-order chi connectivity index (χ0) is 17.5. The first-order valence-electron chi connectivity index (χ1n) is 9.79. The minimum Gasteiger partial charge on any atom is -0.497 e. The van der Waals surface area contributed by atoms with Crippen LogP contribution in [0.15, 0.2) is 48.6 Å². The highest BCUT2D eigenvalue weighted by atomic mass is 16.5. The van der Waals surface area contributed by atoms with E-state index in [1.54, 1.807) is 14.2 Å². The average Bonchev–Trinajstić information content (AvgIpc) is 3.42. The van der Waals surface area contributed by atoms with E-state index in [0.29, 0.717) is 0 Å². The van der Waals surface area contributed by atoms with Gasteiger partial charge in [0.2, 0.25) is 0 Å². The van der Waals surface area contributed by atoms with Gasteiger partial charge in [0.25, 0.3) is 0 Å². The summed E-state index contributed by atoms with van der Waals surface area (Å²) in [7, 11) is 3.54. The molecular weight excluding hydrogens is 320 g/mol. The molecule has 2 bridgehead atoms. The first kappa shape index (κ1) is 14.9. The molecule has 6 rings (SSSR count). The summed E-state index contributed by atoms with van der Waals surface area (Å²) in [5.74, 6) is 5.21. The molecule has 4 aliphatic rings. The molecule has 0 radical (unpaired) electrons. The van der Waals surface area contributed by atoms with E-state index in [-0.39, 0.29) is 5.41 Å². The van der Waals surface area contributed by atoms with Crippen molar-refractivity contribution in [3.8, 4) is 22.6 Å². The molecule has 26 heavy (non-hydrogen) atoms. The topological polar surface area (TPSA) is 18.5 Å². The smallest absolute Gasteiger partial charge is 0.119 e. The third-order valence-electron chi connectivity index (χ3n) is 7.74. The summed E-state index contributed by atoms with van der Waals surface area (Å²) in [6, 6.07) is 13.3. The Bertz CT molecular complexity index is 866. The third kappa shape index (κ3) is 1.68. The van der Waals surface area contributed by atoms with E-state index in [9.17, 15) is 0 Å². The molecule has 2 nitrogen and oxygen atoms in total. The van der Waals surface area contributed by atoms with Gasteiger partial charge in [-0.1, -0.05) is 24.3 Å². The fourth-order valence-corrected chi connectivity index (χ4v) is 6.67. The van der Waals surface area contributed by atoms with Crippen LogP contribution in [0.5, 0.6) is 11.5 Å². The predicted molar refractivity (Wildman–Crippen MR) is 103 cm³/mol. The maximum Gasteiger partial charge on any atom is 0.119 e. The lowest BCUT2D eigenvalue weighted by Gasteiger charge is -2.29. The quantitative estimate of drug-likeness (QED) is 0.697. The van der Waals surface area contributed by atoms with Crippen molar-refractivity contribution in [2.24, 2.45) is 23.7 Å². The zero-order valence-electron chi connectivity index (χ0n) is 15.4. The fraction of sp³-hybridized carbons (Fsp3) is 0.417. The Kier molecular flexibility index (Phi) is 2.83. The van der Waals surface area contributed by atoms with E-state index >= 15 is 0 Å². The van der Waals surface area contributed by atoms with Crippen LogP contribution >= 0.6 is 0 Å². The number of fused-ring (bicyclic) bond motifs is 10. The van der Waals surface area contributed by atoms with Gasteiger partial charge in [-0.15, -0.1) is 0 Å². The number of benzene rings is 2. The van der Waals surface area contributed by atoms with Crippen LogP contribution in [0.3, 0.4) is 0 Å². The highest BCUT2D eigenvalue weighted by Gasteiger charge is 2.58. The zero-order valence-corrected chi connectivity index (χ0v) is 15.4. The lowest BCUT2D eigenvalue weighted by molar-refractivity contribution is 0.364. The summed E-state index contributed by atoms with van der Waals surface area (Å²) in [6.07, 6.45) is 8.92. The Labute approximate surface area is 154 Å². The SMILES string of the molecule is COc1ccc2c(c1)C1(CC3C4C=CC(C4)C3C1)c1cc(OC)ccc1-2. The first-order chi connectivity index (χ1) is 12.7. The van der Waals surface area contributed by atoms with Crippen molar-refractivity contribution in [2.75, 3.05) is 14.2 Å². The van der Waals surface area contributed by atoms with E-state index in [1.165, 1.54) is 41.5 Å². The first-order valence-corrected chi connectivity index (χ1v) is 9.79. The Morgan fingerprint density at radius 3 is 1.73 bits per heavy atom. The summed E-state index contributed by atoms with van der Waals surface area (Å²) in [5, 5.41) is 0. The van der Waals surface area contributed by atoms with Crippen LogP contribution in [0, 0.1) is 23.7 Å². The van der Waals surface area contributed by atoms with E-state index < -0.39 is 0 Å². The predicted octanol–water partition coefficient (Wildman–Crippen LogP) is 5.20. The molecule has 0 heterocycles. The maximum atomic E-state index is 5.60. The number of hydrogen-bond acceptors (Lipinski definition) is 2. The average molecular weight is 344 g/mol. The van der Waals surface area contributed by atoms with Crippen LogP contribution in [-0.2, 0) is 5.41 Å². The molecule has 0 amide bonds. The molecule has 2 saturated carbocycles. The standard InChI is InChI=1S/C24H24O2/c1-25-16-5-7-18-19-8-6-17(26-2)11-23(19)24(22(18)10-16)12-20-14-3-4-15(9-14)21(20)13-24/h3-8,10-11,14-15,20-21H,9,12-13H2,1-2H3. The van der Waals surface area contributed by atoms with Gasteiger partial charge in [-0.25, -0.2) is 0 Å². The third-order valence-corrected chi connectivity index (χ3v) is 7.74. The van der Waals surface area contributed by atoms with Crippen LogP contribution in [0.2, 0.25) is 0 Å². The van der Waals surface area contributed by atoms with Crippen LogP contribution < -0.4 is 9.47 Å². The number of rotatable bonds is 2. The van der Waals surface area contributed by atoms with Crippen molar-refractivity contribution in [1.82, 2.24) is 0 Å². The van der Waals surface area contributed by atoms with Gasteiger partial charge in [-0.05, 0) is 89.5 Å². The van der Waals surface area contributed by atoms with Crippen molar-refractivity contribution in [1.29, 1.82) is 0 Å². The summed E-state index contributed by atoms with van der Waals surface area (Å²) in [5.41, 5.74) is 5.88. The van der Waals surface area contributed by atoms with Gasteiger partial charge >= 0.3 is 0 Å². The molecule has 4 atom stereocenters. The van der Waals surface area contributed by atoms with Gasteiger partial charge in [-0.3, -0.25) is 0 Å². The molecule has 2 aromatic rings. The highest BCUT2D eigenvalue weighted by Crippen LogP contribution is 2.67. The molecular formula is C24H24O2. The van der Waals surface area contributed by atoms with Crippen molar-refractivity contribution >= 4 is 0 Å². The normalized spacial score (nSPS) is 31.2. The second-order valence-electron chi connectivity index (χ2n) is 8.59. The molecule has 0 N–H and O–H groups in total. The molecule has 0 aliphatic heterocycles. The minimum absolute atomic E-state index is 0.131. The van der Waals surface area contributed by atoms with Gasteiger partial charge in [0.1, 0.15) is 11.5 Å². The fourth-order valence-electron chi connectivity index (χ4n) is 6.67. The highest BCUT2D eigenvalue weighted by molar-refractivity contribution is 5.82. The van der Waals surface area contributed by atoms with Gasteiger partial charge in [-0.2, -0.15) is 0 Å². The van der Waals surface area contributed by atoms with E-state index in [4.69, 9.17) is 9.47 Å². The number of methoxy groups -OCH3 is 2. The van der Waals surface area contributed by atoms with Crippen molar-refractivity contribution in [2.45, 2.75) is 24.7 Å². The van der Waals surface area contributed by atoms with E-state index in [0.717, 1.165) is 35.2 Å². The van der Waals surface area contributed by atoms with Crippen LogP contribution in [0.1, 0.15) is 30.4 Å². The Morgan fingerprint density at radius 2 is 1.27 bits per heavy atom. The van der Waals surface area contributed by atoms with Crippen molar-refractivity contribution < 1.29 is 9.47 Å². The molecule has 4 unspecified atom stereocenters. The Balaban J connectivity index is 1.57. The number of hydrogen-bond donors (Lipinski definition) is 0. The lowest BCUT2D eigenvalue weighted by atomic mass is 9.74. The maximum absolute atomic E-state index is 5.60. The molecule has 4 aliphatic carbocycles. The Morgan fingerprint density at radius 1 is 0.769 bits per heavy atom. The molecule has 132 valence electrons. The summed E-state index contributed by atoms with van der Waals surface area (Å²) in [4.78, 5) is 0. The van der Waals surface area contributed by atoms with Crippen molar-refractivity contribution in [3.05, 3.63) is 59.7 Å². The summed E-state index contributed by atoms with van der Waals surface area (Å²) in [6.45, 7) is 0. The lowest BCUT2D eigenvalue weighted by Crippen LogP contribution is -2.23. The van der Waals surface area contributed by atoms with Gasteiger partial charge in [0.15, 0.2) is 0 Å². The number of ether oxygens (including phenoxy) is 2. The second-order valence-corrected chi connectivity index (χ2v) is 8.59. The molecule has 1 spiro atoms. The minimum atomic E-state index is 0.131. The molecule has 0 aromatic heterocycles. The number of allylic oxidation sites excluding steroid dienone is 2. The molecule has 2 fully saturated rings. The molecule has 2 heteroatoms. The van der Waals surface area contributed by atoms with Gasteiger partial charge in [0.05, 0.1) is 14.2 Å². The van der Waals surface area contributed by atoms with E-state index in [2.05, 4.69) is 48.6 Å². The summed E-state index contributed by atoms with van der Waals surface area (Å²) >= 11 is 0.